The van der Waals surface area contributed by atoms with E-state index in [4.69, 9.17) is 16.3 Å². The third-order valence-corrected chi connectivity index (χ3v) is 8.09. The fourth-order valence-corrected chi connectivity index (χ4v) is 5.47. The second-order valence-corrected chi connectivity index (χ2v) is 11.1. The van der Waals surface area contributed by atoms with E-state index in [2.05, 4.69) is 25.7 Å². The van der Waals surface area contributed by atoms with Gasteiger partial charge in [0.25, 0.3) is 5.56 Å². The number of nitrogens with one attached hydrogen (secondary N) is 2. The molecule has 15 heteroatoms. The van der Waals surface area contributed by atoms with Crippen molar-refractivity contribution in [1.29, 1.82) is 0 Å². The largest absolute Gasteiger partial charge is 0.497 e. The van der Waals surface area contributed by atoms with Crippen LogP contribution in [-0.2, 0) is 9.59 Å². The van der Waals surface area contributed by atoms with Crippen LogP contribution < -0.4 is 20.9 Å². The van der Waals surface area contributed by atoms with E-state index in [0.717, 1.165) is 4.57 Å². The van der Waals surface area contributed by atoms with E-state index in [9.17, 15) is 29.0 Å². The molecule has 1 aliphatic carbocycles. The van der Waals surface area contributed by atoms with Crippen LogP contribution in [0.4, 0.5) is 10.3 Å². The minimum Gasteiger partial charge on any atom is -0.497 e. The molecule has 1 fully saturated rings. The van der Waals surface area contributed by atoms with E-state index in [1.54, 1.807) is 12.3 Å². The number of carboxylic acid groups (broad SMARTS) is 1. The van der Waals surface area contributed by atoms with Gasteiger partial charge < -0.3 is 25.6 Å². The topological polar surface area (TPSA) is 173 Å². The number of ether oxygens (including phenoxy) is 1. The van der Waals surface area contributed by atoms with Gasteiger partial charge in [-0.25, -0.2) is 18.9 Å². The average Bonchev–Trinajstić information content (AvgIpc) is 3.45. The Morgan fingerprint density at radius 3 is 2.64 bits per heavy atom. The molecule has 1 aliphatic rings. The van der Waals surface area contributed by atoms with Gasteiger partial charge in [-0.05, 0) is 56.4 Å². The minimum atomic E-state index is -1.03. The summed E-state index contributed by atoms with van der Waals surface area (Å²) in [4.78, 5) is 46.6. The Hall–Kier alpha value is -4.56. The van der Waals surface area contributed by atoms with Gasteiger partial charge in [0.05, 0.1) is 42.6 Å². The number of hydrogen-bond donors (Lipinski definition) is 4. The van der Waals surface area contributed by atoms with E-state index in [-0.39, 0.29) is 28.2 Å². The molecule has 1 amide bonds. The van der Waals surface area contributed by atoms with Crippen LogP contribution in [0.3, 0.4) is 0 Å². The number of nitrogens with zero attached hydrogens (tertiary/aromatic N) is 5. The number of methoxy groups -OCH3 is 1. The minimum absolute atomic E-state index is 0.0163. The highest BCUT2D eigenvalue weighted by molar-refractivity contribution is 6.32. The molecule has 0 radical (unpaired) electrons. The van der Waals surface area contributed by atoms with Crippen LogP contribution in [0.2, 0.25) is 5.02 Å². The number of hydrogen-bond acceptors (Lipinski definition) is 9. The molecule has 0 saturated heterocycles. The monoisotopic (exact) mass is 627 g/mol. The molecule has 0 aliphatic heterocycles. The van der Waals surface area contributed by atoms with Gasteiger partial charge in [0.15, 0.2) is 0 Å². The number of anilines is 1. The summed E-state index contributed by atoms with van der Waals surface area (Å²) in [5.74, 6) is -1.77. The highest BCUT2D eigenvalue weighted by Gasteiger charge is 2.27. The molecule has 4 aromatic rings. The van der Waals surface area contributed by atoms with Crippen molar-refractivity contribution in [2.45, 2.75) is 50.7 Å². The molecule has 44 heavy (non-hydrogen) atoms. The molecule has 232 valence electrons. The second kappa shape index (κ2) is 13.0. The van der Waals surface area contributed by atoms with Gasteiger partial charge in [0.2, 0.25) is 11.9 Å². The molecule has 0 spiro atoms. The fraction of sp³-hybridized carbons (Fsp3) is 0.379. The summed E-state index contributed by atoms with van der Waals surface area (Å²) in [6, 6.07) is 3.45. The predicted octanol–water partition coefficient (Wildman–Crippen LogP) is 3.22. The summed E-state index contributed by atoms with van der Waals surface area (Å²) in [6.45, 7) is 0.988. The quantitative estimate of drug-likeness (QED) is 0.204. The normalized spacial score (nSPS) is 18.0. The maximum atomic E-state index is 14.0. The zero-order valence-corrected chi connectivity index (χ0v) is 24.7. The number of rotatable bonds is 10. The van der Waals surface area contributed by atoms with Crippen molar-refractivity contribution < 1.29 is 28.9 Å². The summed E-state index contributed by atoms with van der Waals surface area (Å²) in [6.07, 6.45) is 6.71. The Labute approximate surface area is 255 Å². The fourth-order valence-electron chi connectivity index (χ4n) is 5.27. The SMILES string of the molecule is COc1cc(F)cc([C@@H](CO)NC(=O)C(C)n2cnn3cc(-c4nc(NC5CCC(C(=O)O)CC5)ncc4Cl)cc3c2=O)c1. The van der Waals surface area contributed by atoms with Crippen LogP contribution in [0.25, 0.3) is 16.8 Å². The average molecular weight is 628 g/mol. The number of aliphatic hydroxyl groups is 1. The van der Waals surface area contributed by atoms with Crippen molar-refractivity contribution in [1.82, 2.24) is 29.5 Å². The first-order chi connectivity index (χ1) is 21.1. The Morgan fingerprint density at radius 2 is 1.95 bits per heavy atom. The molecule has 13 nitrogen and oxygen atoms in total. The van der Waals surface area contributed by atoms with E-state index in [1.165, 1.54) is 49.3 Å². The van der Waals surface area contributed by atoms with Crippen LogP contribution in [0.5, 0.6) is 5.75 Å². The molecule has 3 heterocycles. The lowest BCUT2D eigenvalue weighted by molar-refractivity contribution is -0.142. The number of halogens is 2. The van der Waals surface area contributed by atoms with Crippen molar-refractivity contribution in [2.24, 2.45) is 5.92 Å². The lowest BCUT2D eigenvalue weighted by atomic mass is 9.86. The molecule has 1 unspecified atom stereocenters. The zero-order chi connectivity index (χ0) is 31.5. The van der Waals surface area contributed by atoms with Gasteiger partial charge in [0.1, 0.15) is 29.5 Å². The molecule has 1 aromatic carbocycles. The summed E-state index contributed by atoms with van der Waals surface area (Å²) >= 11 is 6.42. The summed E-state index contributed by atoms with van der Waals surface area (Å²) < 4.78 is 21.6. The van der Waals surface area contributed by atoms with E-state index >= 15 is 0 Å². The number of carbonyl (C=O) groups is 2. The first-order valence-electron chi connectivity index (χ1n) is 14.0. The first-order valence-corrected chi connectivity index (χ1v) is 14.3. The molecule has 5 rings (SSSR count). The summed E-state index contributed by atoms with van der Waals surface area (Å²) in [5, 5.41) is 29.6. The number of fused-ring (bicyclic) bond motifs is 1. The van der Waals surface area contributed by atoms with Gasteiger partial charge >= 0.3 is 5.97 Å². The summed E-state index contributed by atoms with van der Waals surface area (Å²) in [5.41, 5.74) is 0.801. The molecule has 3 aromatic heterocycles. The Bertz CT molecular complexity index is 1750. The smallest absolute Gasteiger partial charge is 0.306 e. The third kappa shape index (κ3) is 6.50. The first kappa shape index (κ1) is 30.9. The molecule has 4 N–H and O–H groups in total. The number of aromatic nitrogens is 5. The van der Waals surface area contributed by atoms with Crippen LogP contribution in [0.1, 0.15) is 50.3 Å². The highest BCUT2D eigenvalue weighted by atomic mass is 35.5. The van der Waals surface area contributed by atoms with Crippen molar-refractivity contribution in [3.8, 4) is 17.0 Å². The van der Waals surface area contributed by atoms with Gasteiger partial charge in [-0.3, -0.25) is 19.0 Å². The number of carbonyl (C=O) groups excluding carboxylic acids is 1. The predicted molar refractivity (Wildman–Crippen MR) is 158 cm³/mol. The van der Waals surface area contributed by atoms with Crippen LogP contribution >= 0.6 is 11.6 Å². The maximum absolute atomic E-state index is 14.0. The Morgan fingerprint density at radius 1 is 1.20 bits per heavy atom. The molecular formula is C29H31ClFN7O6. The van der Waals surface area contributed by atoms with Crippen molar-refractivity contribution in [3.05, 3.63) is 69.7 Å². The van der Waals surface area contributed by atoms with Crippen LogP contribution in [-0.4, -0.2) is 66.0 Å². The lowest BCUT2D eigenvalue weighted by Crippen LogP contribution is -2.39. The van der Waals surface area contributed by atoms with Gasteiger partial charge in [-0.1, -0.05) is 11.6 Å². The maximum Gasteiger partial charge on any atom is 0.306 e. The van der Waals surface area contributed by atoms with Gasteiger partial charge in [-0.15, -0.1) is 0 Å². The number of benzene rings is 1. The zero-order valence-electron chi connectivity index (χ0n) is 23.9. The van der Waals surface area contributed by atoms with Gasteiger partial charge in [-0.2, -0.15) is 5.10 Å². The Balaban J connectivity index is 1.35. The van der Waals surface area contributed by atoms with Crippen LogP contribution in [0, 0.1) is 11.7 Å². The molecular weight excluding hydrogens is 597 g/mol. The van der Waals surface area contributed by atoms with E-state index in [0.29, 0.717) is 48.5 Å². The highest BCUT2D eigenvalue weighted by Crippen LogP contribution is 2.30. The molecule has 0 bridgehead atoms. The third-order valence-electron chi connectivity index (χ3n) is 7.81. The van der Waals surface area contributed by atoms with E-state index in [1.807, 2.05) is 0 Å². The van der Waals surface area contributed by atoms with Crippen molar-refractivity contribution in [3.63, 3.8) is 0 Å². The van der Waals surface area contributed by atoms with Crippen LogP contribution in [0.15, 0.2) is 47.8 Å². The Kier molecular flexibility index (Phi) is 9.11. The number of amides is 1. The standard InChI is InChI=1S/C29H31ClFN7O6/c1-15(26(40)35-23(13-39)17-7-19(31)10-21(8-17)44-2)37-14-33-38-12-18(9-24(38)27(37)41)25-22(30)11-32-29(36-25)34-20-5-3-16(4-6-20)28(42)43/h7-12,14-16,20,23,39H,3-6,13H2,1-2H3,(H,35,40)(H,42,43)(H,32,34,36)/t15?,16?,20?,23-/m1/s1. The van der Waals surface area contributed by atoms with Crippen molar-refractivity contribution >= 4 is 34.9 Å². The number of aliphatic hydroxyl groups excluding tert-OH is 1. The number of carboxylic acids is 1. The molecule has 2 atom stereocenters. The lowest BCUT2D eigenvalue weighted by Gasteiger charge is -2.26. The van der Waals surface area contributed by atoms with Gasteiger partial charge in [0, 0.05) is 23.9 Å². The summed E-state index contributed by atoms with van der Waals surface area (Å²) in [7, 11) is 1.38. The van der Waals surface area contributed by atoms with Crippen molar-refractivity contribution in [2.75, 3.05) is 19.0 Å². The molecule has 1 saturated carbocycles. The second-order valence-electron chi connectivity index (χ2n) is 10.7. The van der Waals surface area contributed by atoms with E-state index < -0.39 is 41.9 Å². The number of aliphatic carboxylic acids is 1.